The van der Waals surface area contributed by atoms with Gasteiger partial charge in [-0.3, -0.25) is 91.1 Å². The molecule has 12 atom stereocenters. The quantitative estimate of drug-likeness (QED) is 0.0452. The first-order valence-corrected chi connectivity index (χ1v) is 42.0. The molecule has 0 bridgehead atoms. The van der Waals surface area contributed by atoms with Gasteiger partial charge in [0.25, 0.3) is 0 Å². The van der Waals surface area contributed by atoms with E-state index in [1.54, 1.807) is 50.2 Å². The molecular weight excluding hydrogens is 1820 g/mol. The fraction of sp³-hybridized carbons (Fsp3) is 0.565. The van der Waals surface area contributed by atoms with Crippen LogP contribution in [0.25, 0.3) is 0 Å². The summed E-state index contributed by atoms with van der Waals surface area (Å²) >= 11 is 0. The first-order valence-electron chi connectivity index (χ1n) is 42.0. The molecule has 2 aromatic carbocycles. The Morgan fingerprint density at radius 2 is 0.449 bits per heavy atom. The standard InChI is InChI=1S/C17H21NO8.C17H21NO7.C14H23NO7.C13H19NO9.C13H21NO7.C11H17NO7/c19-12-4-1-10(2-5-12)9-11(16(23)24)3-7-14(20)18-13(17(25)26)6-8-15(21)22;19-14(18-13(17(24)25)7-9-15(20)21)8-6-12(16(22)23)10-11-4-2-1-3-5-11;1-8(2)7-9(13(19)20)3-5-11(16)15-10(14(21)22)4-6-12(17)18;15-9(14-8(13(22)23)3-6-11(18)19)4-1-7(12(20)21)2-5-10(16)17;1-7(2)8(12(18)19)3-5-10(15)14-9(13(20)21)4-6-11(16)17;1-6(10(16)17)2-4-8(13)12-7(11(18)19)3-5-9(14)15/h1-2,4-5,11,13,19H,3,6-9H2,(H,18,20)(H,21,22)(H,23,24)(H,25,26);1-5,12-13H,6-10H2,(H,18,19)(H,20,21)(H,22,23)(H,24,25);8-10H,3-7H2,1-2H3,(H,15,16)(H,17,18)(H,19,20)(H,21,22);7-8H,1-6H2,(H,14,15)(H,16,17)(H,18,19)(H,20,21)(H,22,23);7-9H,3-6H2,1-2H3,(H,14,15)(H,16,17)(H,18,19)(H,20,21);6-7H,2-5H2,1H3,(H,12,13)(H,14,15)(H,16,17)(H,18,19)/t11-,13+;12-,13+;9-,10+;7-,8+;8-,9+;6-,7-/m000001/s1. The van der Waals surface area contributed by atoms with Crippen molar-refractivity contribution in [3.63, 3.8) is 0 Å². The van der Waals surface area contributed by atoms with Gasteiger partial charge in [0.15, 0.2) is 0 Å². The van der Waals surface area contributed by atoms with Gasteiger partial charge in [-0.25, -0.2) is 28.8 Å². The van der Waals surface area contributed by atoms with Crippen molar-refractivity contribution in [1.29, 1.82) is 0 Å². The number of benzene rings is 2. The van der Waals surface area contributed by atoms with Crippen LogP contribution in [0.4, 0.5) is 0 Å². The summed E-state index contributed by atoms with van der Waals surface area (Å²) < 4.78 is 0. The molecule has 2 aromatic rings. The summed E-state index contributed by atoms with van der Waals surface area (Å²) in [7, 11) is 0. The minimum Gasteiger partial charge on any atom is -0.508 e. The Hall–Kier alpha value is -15.0. The highest BCUT2D eigenvalue weighted by atomic mass is 16.4. The lowest BCUT2D eigenvalue weighted by molar-refractivity contribution is -0.145. The normalized spacial score (nSPS) is 13.1. The molecule has 0 aliphatic rings. The minimum atomic E-state index is -1.39. The van der Waals surface area contributed by atoms with Gasteiger partial charge in [-0.1, -0.05) is 77.1 Å². The number of amides is 6. The van der Waals surface area contributed by atoms with E-state index in [0.29, 0.717) is 12.0 Å². The van der Waals surface area contributed by atoms with Crippen LogP contribution in [-0.4, -0.2) is 287 Å². The van der Waals surface area contributed by atoms with Crippen LogP contribution in [0.1, 0.15) is 219 Å². The van der Waals surface area contributed by atoms with Crippen LogP contribution in [0.15, 0.2) is 54.6 Å². The Bertz CT molecular complexity index is 4300. The number of phenols is 1. The lowest BCUT2D eigenvalue weighted by atomic mass is 9.91. The van der Waals surface area contributed by atoms with Gasteiger partial charge in [-0.15, -0.1) is 0 Å². The number of aliphatic carboxylic acids is 19. The van der Waals surface area contributed by atoms with Crippen LogP contribution < -0.4 is 31.9 Å². The van der Waals surface area contributed by atoms with Gasteiger partial charge in [-0.05, 0) is 138 Å². The zero-order valence-electron chi connectivity index (χ0n) is 74.9. The highest BCUT2D eigenvalue weighted by molar-refractivity contribution is 5.89. The summed E-state index contributed by atoms with van der Waals surface area (Å²) in [5.74, 6) is -30.9. The fourth-order valence-corrected chi connectivity index (χ4v) is 11.5. The molecule has 51 heteroatoms. The van der Waals surface area contributed by atoms with E-state index in [2.05, 4.69) is 31.9 Å². The highest BCUT2D eigenvalue weighted by Crippen LogP contribution is 2.23. The van der Waals surface area contributed by atoms with Crippen LogP contribution in [0.3, 0.4) is 0 Å². The summed E-state index contributed by atoms with van der Waals surface area (Å²) in [4.78, 5) is 275. The third-order valence-corrected chi connectivity index (χ3v) is 19.2. The molecule has 2 rings (SSSR count). The molecule has 0 spiro atoms. The fourth-order valence-electron chi connectivity index (χ4n) is 11.5. The van der Waals surface area contributed by atoms with Crippen LogP contribution in [-0.2, 0) is 133 Å². The average Bonchev–Trinajstić information content (AvgIpc) is 0.867. The molecule has 0 fully saturated rings. The number of hydrogen-bond donors (Lipinski definition) is 26. The number of carbonyl (C=O) groups excluding carboxylic acids is 6. The summed E-state index contributed by atoms with van der Waals surface area (Å²) in [5, 5.41) is 190. The second-order valence-electron chi connectivity index (χ2n) is 31.3. The van der Waals surface area contributed by atoms with E-state index in [1.165, 1.54) is 19.1 Å². The maximum Gasteiger partial charge on any atom is 0.326 e. The summed E-state index contributed by atoms with van der Waals surface area (Å²) in [6.07, 6.45) is -4.20. The number of carboxylic acids is 19. The SMILES string of the molecule is CC(C)C[C@H](CCC(=O)N[C@H](CCC(=O)O)C(=O)O)C(=O)O.CC(C)[C@H](CCC(=O)N[C@H](CCC(=O)O)C(=O)O)C(=O)O.C[C@H](CCC(=O)N[C@H](CCC(=O)O)C(=O)O)C(=O)O.O=C(O)CC[C@@H](NC(=O)CC[C@@H](Cc1ccc(O)cc1)C(=O)O)C(=O)O.O=C(O)CC[C@@H](NC(=O)CC[C@@H](Cc1ccccc1)C(=O)O)C(=O)O.O=C(O)CC[C@H](CCC(=O)N[C@H](CCC(=O)O)C(=O)O)C(=O)O. The highest BCUT2D eigenvalue weighted by Gasteiger charge is 2.32. The molecule has 6 amide bonds. The van der Waals surface area contributed by atoms with E-state index in [-0.39, 0.29) is 185 Å². The predicted octanol–water partition coefficient (Wildman–Crippen LogP) is 3.19. The molecule has 0 radical (unpaired) electrons. The Morgan fingerprint density at radius 3 is 0.669 bits per heavy atom. The third-order valence-electron chi connectivity index (χ3n) is 19.2. The molecule has 26 N–H and O–H groups in total. The van der Waals surface area contributed by atoms with Crippen LogP contribution in [0, 0.1) is 47.3 Å². The van der Waals surface area contributed by atoms with Crippen molar-refractivity contribution in [2.75, 3.05) is 0 Å². The Labute approximate surface area is 775 Å². The molecule has 0 saturated carbocycles. The monoisotopic (exact) mass is 1950 g/mol. The second-order valence-corrected chi connectivity index (χ2v) is 31.3. The number of nitrogens with one attached hydrogen (secondary N) is 6. The first-order chi connectivity index (χ1) is 63.1. The topological polar surface area (TPSA) is 904 Å². The molecule has 0 aliphatic heterocycles. The molecule has 0 aliphatic carbocycles. The van der Waals surface area contributed by atoms with Crippen LogP contribution in [0.2, 0.25) is 0 Å². The van der Waals surface area contributed by atoms with E-state index in [0.717, 1.165) is 5.56 Å². The molecule has 0 heterocycles. The second kappa shape index (κ2) is 70.7. The average molecular weight is 1950 g/mol. The van der Waals surface area contributed by atoms with Crippen molar-refractivity contribution in [3.8, 4) is 5.75 Å². The van der Waals surface area contributed by atoms with Gasteiger partial charge in [0.2, 0.25) is 35.4 Å². The number of carboxylic acid groups (broad SMARTS) is 19. The summed E-state index contributed by atoms with van der Waals surface area (Å²) in [5.41, 5.74) is 1.51. The van der Waals surface area contributed by atoms with Gasteiger partial charge >= 0.3 is 113 Å². The Morgan fingerprint density at radius 1 is 0.228 bits per heavy atom. The number of phenolic OH excluding ortho intramolecular Hbond substituents is 1. The van der Waals surface area contributed by atoms with Crippen molar-refractivity contribution in [2.45, 2.75) is 257 Å². The lowest BCUT2D eigenvalue weighted by Gasteiger charge is -2.17. The van der Waals surface area contributed by atoms with E-state index in [1.807, 2.05) is 19.9 Å². The lowest BCUT2D eigenvalue weighted by Crippen LogP contribution is -2.41. The molecule has 0 unspecified atom stereocenters. The largest absolute Gasteiger partial charge is 0.508 e. The van der Waals surface area contributed by atoms with E-state index < -0.39 is 233 Å². The van der Waals surface area contributed by atoms with Crippen molar-refractivity contribution in [3.05, 3.63) is 65.7 Å². The van der Waals surface area contributed by atoms with Gasteiger partial charge in [0.05, 0.1) is 35.5 Å². The molecule has 136 heavy (non-hydrogen) atoms. The van der Waals surface area contributed by atoms with Crippen molar-refractivity contribution in [2.24, 2.45) is 47.3 Å². The predicted molar refractivity (Wildman–Crippen MR) is 460 cm³/mol. The van der Waals surface area contributed by atoms with Gasteiger partial charge in [0.1, 0.15) is 42.0 Å². The van der Waals surface area contributed by atoms with Gasteiger partial charge < -0.3 is 134 Å². The van der Waals surface area contributed by atoms with Gasteiger partial charge in [-0.2, -0.15) is 0 Å². The summed E-state index contributed by atoms with van der Waals surface area (Å²) in [6.45, 7) is 8.65. The van der Waals surface area contributed by atoms with Crippen molar-refractivity contribution < 1.29 is 222 Å². The van der Waals surface area contributed by atoms with Gasteiger partial charge in [0, 0.05) is 83.5 Å². The first kappa shape index (κ1) is 127. The molecule has 762 valence electrons. The van der Waals surface area contributed by atoms with E-state index in [9.17, 15) is 135 Å². The minimum absolute atomic E-state index is 0.00663. The smallest absolute Gasteiger partial charge is 0.326 e. The molecule has 0 saturated heterocycles. The zero-order chi connectivity index (χ0) is 105. The van der Waals surface area contributed by atoms with E-state index >= 15 is 0 Å². The summed E-state index contributed by atoms with van der Waals surface area (Å²) in [6, 6.07) is 7.16. The van der Waals surface area contributed by atoms with Crippen molar-refractivity contribution >= 4 is 149 Å². The number of carbonyl (C=O) groups is 25. The van der Waals surface area contributed by atoms with Crippen molar-refractivity contribution in [1.82, 2.24) is 31.9 Å². The molecule has 0 aromatic heterocycles. The van der Waals surface area contributed by atoms with Crippen LogP contribution in [0.5, 0.6) is 5.75 Å². The number of rotatable bonds is 64. The number of aromatic hydroxyl groups is 1. The maximum absolute atomic E-state index is 11.9. The Balaban J connectivity index is -0.000000771. The molecule has 51 nitrogen and oxygen atoms in total. The van der Waals surface area contributed by atoms with E-state index in [4.69, 9.17) is 86.8 Å². The third kappa shape index (κ3) is 68.1. The molecular formula is C85H122N6O45. The maximum atomic E-state index is 11.9. The zero-order valence-corrected chi connectivity index (χ0v) is 74.9. The Kier molecular flexibility index (Phi) is 66.2. The number of hydrogen-bond acceptors (Lipinski definition) is 26. The van der Waals surface area contributed by atoms with Crippen LogP contribution >= 0.6 is 0 Å².